The fourth-order valence-corrected chi connectivity index (χ4v) is 1.04. The average Bonchev–Trinajstić information content (AvgIpc) is 1.97. The molecule has 0 fully saturated rings. The third-order valence-corrected chi connectivity index (χ3v) is 2.34. The van der Waals surface area contributed by atoms with E-state index in [1.165, 1.54) is 0 Å². The van der Waals surface area contributed by atoms with Gasteiger partial charge in [-0.3, -0.25) is 0 Å². The second kappa shape index (κ2) is 4.84. The summed E-state index contributed by atoms with van der Waals surface area (Å²) in [5.74, 6) is 0. The van der Waals surface area contributed by atoms with Crippen molar-refractivity contribution in [1.82, 2.24) is 10.6 Å². The summed E-state index contributed by atoms with van der Waals surface area (Å²) in [5.41, 5.74) is -0.792. The fraction of sp³-hybridized carbons (Fsp3) is 0.909. The van der Waals surface area contributed by atoms with Crippen LogP contribution in [0.15, 0.2) is 0 Å². The van der Waals surface area contributed by atoms with Gasteiger partial charge in [0.15, 0.2) is 0 Å². The van der Waals surface area contributed by atoms with Crippen LogP contribution in [0.5, 0.6) is 0 Å². The highest BCUT2D eigenvalue weighted by Gasteiger charge is 2.28. The number of hydrogen-bond donors (Lipinski definition) is 2. The minimum Gasteiger partial charge on any atom is -0.444 e. The molecule has 0 aromatic carbocycles. The van der Waals surface area contributed by atoms with Gasteiger partial charge in [0.05, 0.1) is 5.54 Å². The number of carbonyl (C=O) groups is 1. The Morgan fingerprint density at radius 1 is 1.20 bits per heavy atom. The SMILES string of the molecule is CNC(C)C(C)(C)NC(=O)OC(C)(C)C. The first-order valence-electron chi connectivity index (χ1n) is 5.27. The van der Waals surface area contributed by atoms with Gasteiger partial charge in [0.2, 0.25) is 0 Å². The molecule has 1 atom stereocenters. The van der Waals surface area contributed by atoms with Gasteiger partial charge in [-0.2, -0.15) is 0 Å². The van der Waals surface area contributed by atoms with Crippen LogP contribution in [-0.4, -0.2) is 30.3 Å². The average molecular weight is 216 g/mol. The summed E-state index contributed by atoms with van der Waals surface area (Å²) >= 11 is 0. The highest BCUT2D eigenvalue weighted by atomic mass is 16.6. The van der Waals surface area contributed by atoms with Gasteiger partial charge in [0.25, 0.3) is 0 Å². The lowest BCUT2D eigenvalue weighted by molar-refractivity contribution is 0.0455. The Morgan fingerprint density at radius 2 is 1.67 bits per heavy atom. The van der Waals surface area contributed by atoms with Crippen LogP contribution in [0.25, 0.3) is 0 Å². The largest absolute Gasteiger partial charge is 0.444 e. The van der Waals surface area contributed by atoms with Gasteiger partial charge in [-0.1, -0.05) is 0 Å². The third kappa shape index (κ3) is 5.62. The number of alkyl carbamates (subject to hydrolysis) is 1. The maximum Gasteiger partial charge on any atom is 0.408 e. The predicted octanol–water partition coefficient (Wildman–Crippen LogP) is 1.90. The van der Waals surface area contributed by atoms with Gasteiger partial charge in [-0.25, -0.2) is 4.79 Å². The number of amides is 1. The maximum absolute atomic E-state index is 11.5. The first kappa shape index (κ1) is 14.2. The molecule has 0 aliphatic rings. The summed E-state index contributed by atoms with van der Waals surface area (Å²) in [5, 5.41) is 5.94. The number of carbonyl (C=O) groups excluding carboxylic acids is 1. The molecule has 0 bridgehead atoms. The Balaban J connectivity index is 4.28. The van der Waals surface area contributed by atoms with Gasteiger partial charge < -0.3 is 15.4 Å². The molecular formula is C11H24N2O2. The van der Waals surface area contributed by atoms with Gasteiger partial charge in [0.1, 0.15) is 5.60 Å². The molecule has 1 unspecified atom stereocenters. The van der Waals surface area contributed by atoms with E-state index in [0.717, 1.165) is 0 Å². The van der Waals surface area contributed by atoms with E-state index in [4.69, 9.17) is 4.74 Å². The summed E-state index contributed by atoms with van der Waals surface area (Å²) in [4.78, 5) is 11.5. The quantitative estimate of drug-likeness (QED) is 0.757. The van der Waals surface area contributed by atoms with Crippen LogP contribution in [-0.2, 0) is 4.74 Å². The molecule has 1 amide bonds. The van der Waals surface area contributed by atoms with Crippen molar-refractivity contribution in [2.24, 2.45) is 0 Å². The molecule has 90 valence electrons. The molecule has 0 rings (SSSR count). The number of rotatable bonds is 3. The Bertz CT molecular complexity index is 219. The van der Waals surface area contributed by atoms with Crippen molar-refractivity contribution in [2.75, 3.05) is 7.05 Å². The van der Waals surface area contributed by atoms with Crippen LogP contribution in [0.4, 0.5) is 4.79 Å². The summed E-state index contributed by atoms with van der Waals surface area (Å²) in [6, 6.07) is 0.171. The fourth-order valence-electron chi connectivity index (χ4n) is 1.04. The van der Waals surface area contributed by atoms with Crippen LogP contribution in [0.2, 0.25) is 0 Å². The van der Waals surface area contributed by atoms with Crippen LogP contribution in [0.3, 0.4) is 0 Å². The standard InChI is InChI=1S/C11H24N2O2/c1-8(12-7)11(5,6)13-9(14)15-10(2,3)4/h8,12H,1-7H3,(H,13,14). The lowest BCUT2D eigenvalue weighted by Gasteiger charge is -2.33. The normalized spacial score (nSPS) is 14.6. The smallest absolute Gasteiger partial charge is 0.408 e. The molecule has 0 aromatic rings. The monoisotopic (exact) mass is 216 g/mol. The minimum absolute atomic E-state index is 0.171. The van der Waals surface area contributed by atoms with Gasteiger partial charge in [-0.15, -0.1) is 0 Å². The van der Waals surface area contributed by atoms with E-state index in [0.29, 0.717) is 0 Å². The minimum atomic E-state index is -0.455. The Morgan fingerprint density at radius 3 is 2.00 bits per heavy atom. The van der Waals surface area contributed by atoms with Crippen LogP contribution in [0.1, 0.15) is 41.5 Å². The zero-order valence-electron chi connectivity index (χ0n) is 10.9. The van der Waals surface area contributed by atoms with Crippen molar-refractivity contribution in [3.05, 3.63) is 0 Å². The Hall–Kier alpha value is -0.770. The molecule has 0 radical (unpaired) electrons. The molecular weight excluding hydrogens is 192 g/mol. The van der Waals surface area contributed by atoms with E-state index < -0.39 is 5.60 Å². The number of hydrogen-bond acceptors (Lipinski definition) is 3. The Labute approximate surface area is 92.8 Å². The van der Waals surface area contributed by atoms with E-state index in [2.05, 4.69) is 10.6 Å². The van der Waals surface area contributed by atoms with E-state index in [1.54, 1.807) is 0 Å². The molecule has 0 aliphatic heterocycles. The lowest BCUT2D eigenvalue weighted by atomic mass is 9.96. The molecule has 0 saturated heterocycles. The highest BCUT2D eigenvalue weighted by Crippen LogP contribution is 2.11. The zero-order valence-corrected chi connectivity index (χ0v) is 10.9. The van der Waals surface area contributed by atoms with Crippen molar-refractivity contribution >= 4 is 6.09 Å². The zero-order chi connectivity index (χ0) is 12.3. The number of likely N-dealkylation sites (N-methyl/N-ethyl adjacent to an activating group) is 1. The predicted molar refractivity (Wildman–Crippen MR) is 62.0 cm³/mol. The molecule has 0 saturated carbocycles. The first-order chi connectivity index (χ1) is 6.58. The summed E-state index contributed by atoms with van der Waals surface area (Å²) in [7, 11) is 1.86. The van der Waals surface area contributed by atoms with Crippen molar-refractivity contribution < 1.29 is 9.53 Å². The van der Waals surface area contributed by atoms with E-state index >= 15 is 0 Å². The third-order valence-electron chi connectivity index (χ3n) is 2.34. The van der Waals surface area contributed by atoms with Gasteiger partial charge >= 0.3 is 6.09 Å². The highest BCUT2D eigenvalue weighted by molar-refractivity contribution is 5.68. The molecule has 4 nitrogen and oxygen atoms in total. The molecule has 0 heterocycles. The van der Waals surface area contributed by atoms with Gasteiger partial charge in [-0.05, 0) is 48.6 Å². The summed E-state index contributed by atoms with van der Waals surface area (Å²) < 4.78 is 5.19. The molecule has 0 aliphatic carbocycles. The topological polar surface area (TPSA) is 50.4 Å². The van der Waals surface area contributed by atoms with Crippen LogP contribution >= 0.6 is 0 Å². The molecule has 15 heavy (non-hydrogen) atoms. The molecule has 0 aromatic heterocycles. The van der Waals surface area contributed by atoms with E-state index in [-0.39, 0.29) is 17.7 Å². The van der Waals surface area contributed by atoms with Crippen molar-refractivity contribution in [2.45, 2.75) is 58.7 Å². The Kier molecular flexibility index (Phi) is 4.59. The van der Waals surface area contributed by atoms with Crippen molar-refractivity contribution in [1.29, 1.82) is 0 Å². The molecule has 2 N–H and O–H groups in total. The molecule has 4 heteroatoms. The van der Waals surface area contributed by atoms with Gasteiger partial charge in [0, 0.05) is 6.04 Å². The first-order valence-corrected chi connectivity index (χ1v) is 5.27. The van der Waals surface area contributed by atoms with Crippen molar-refractivity contribution in [3.63, 3.8) is 0 Å². The van der Waals surface area contributed by atoms with Crippen LogP contribution in [0, 0.1) is 0 Å². The summed E-state index contributed by atoms with van der Waals surface area (Å²) in [6.07, 6.45) is -0.380. The van der Waals surface area contributed by atoms with E-state index in [1.807, 2.05) is 48.6 Å². The maximum atomic E-state index is 11.5. The number of ether oxygens (including phenoxy) is 1. The van der Waals surface area contributed by atoms with E-state index in [9.17, 15) is 4.79 Å². The second-order valence-electron chi connectivity index (χ2n) is 5.36. The second-order valence-corrected chi connectivity index (χ2v) is 5.36. The van der Waals surface area contributed by atoms with Crippen molar-refractivity contribution in [3.8, 4) is 0 Å². The lowest BCUT2D eigenvalue weighted by Crippen LogP contribution is -2.56. The number of nitrogens with one attached hydrogen (secondary N) is 2. The molecule has 0 spiro atoms. The van der Waals surface area contributed by atoms with Crippen LogP contribution < -0.4 is 10.6 Å². The summed E-state index contributed by atoms with van der Waals surface area (Å²) in [6.45, 7) is 11.5.